The van der Waals surface area contributed by atoms with Crippen LogP contribution in [0.15, 0.2) is 35.1 Å². The summed E-state index contributed by atoms with van der Waals surface area (Å²) in [4.78, 5) is 39.7. The van der Waals surface area contributed by atoms with Gasteiger partial charge in [-0.1, -0.05) is 24.7 Å². The number of fused-ring (bicyclic) bond motifs is 3. The number of hydrogen-bond acceptors (Lipinski definition) is 10. The number of carbonyl (C=O) groups is 3. The molecule has 0 heterocycles. The van der Waals surface area contributed by atoms with Crippen LogP contribution in [0.4, 0.5) is 0 Å². The molecule has 1 amide bonds. The second kappa shape index (κ2) is 11.4. The van der Waals surface area contributed by atoms with E-state index in [-0.39, 0.29) is 81.2 Å². The van der Waals surface area contributed by atoms with Crippen molar-refractivity contribution in [3.63, 3.8) is 0 Å². The number of amides is 1. The molecular formula is C22H26N2Na2O11. The van der Waals surface area contributed by atoms with Crippen molar-refractivity contribution in [2.75, 3.05) is 14.1 Å². The zero-order valence-electron chi connectivity index (χ0n) is 20.9. The SMILES string of the molecule is CN(C)C1C(=O)C(C(N)=O)=C(O)C2(O)C(=O)C3=C(O)c4c(O)cccc4C(C)([O-])C3C([O-])C12.O.O.[Na+].[Na+]. The maximum atomic E-state index is 13.8. The van der Waals surface area contributed by atoms with Crippen molar-refractivity contribution in [1.29, 1.82) is 0 Å². The molecule has 1 fully saturated rings. The van der Waals surface area contributed by atoms with Gasteiger partial charge in [-0.2, -0.15) is 0 Å². The fraction of sp³-hybridized carbons (Fsp3) is 0.409. The first-order valence-corrected chi connectivity index (χ1v) is 10.0. The molecule has 37 heavy (non-hydrogen) atoms. The molecule has 0 spiro atoms. The van der Waals surface area contributed by atoms with Crippen LogP contribution in [0.25, 0.3) is 5.76 Å². The van der Waals surface area contributed by atoms with Gasteiger partial charge in [0.2, 0.25) is 5.78 Å². The molecule has 3 aliphatic carbocycles. The summed E-state index contributed by atoms with van der Waals surface area (Å²) in [6.07, 6.45) is -2.18. The van der Waals surface area contributed by atoms with Crippen LogP contribution in [-0.4, -0.2) is 85.6 Å². The summed E-state index contributed by atoms with van der Waals surface area (Å²) in [5.74, 6) is -10.4. The Labute approximate surface area is 255 Å². The van der Waals surface area contributed by atoms with Crippen LogP contribution in [0.2, 0.25) is 0 Å². The molecule has 6 unspecified atom stereocenters. The molecule has 13 nitrogen and oxygen atoms in total. The Kier molecular flexibility index (Phi) is 11.0. The van der Waals surface area contributed by atoms with Gasteiger partial charge in [-0.25, -0.2) is 0 Å². The number of likely N-dealkylation sites (N-methyl/N-ethyl adjacent to an activating group) is 1. The van der Waals surface area contributed by atoms with Gasteiger partial charge in [0.05, 0.1) is 11.6 Å². The summed E-state index contributed by atoms with van der Waals surface area (Å²) in [7, 11) is 2.71. The molecule has 1 aromatic carbocycles. The molecule has 1 saturated carbocycles. The third-order valence-corrected chi connectivity index (χ3v) is 6.99. The van der Waals surface area contributed by atoms with Gasteiger partial charge >= 0.3 is 59.1 Å². The van der Waals surface area contributed by atoms with Gasteiger partial charge < -0.3 is 47.3 Å². The van der Waals surface area contributed by atoms with E-state index in [4.69, 9.17) is 5.73 Å². The average molecular weight is 540 g/mol. The van der Waals surface area contributed by atoms with Crippen molar-refractivity contribution in [3.05, 3.63) is 46.2 Å². The van der Waals surface area contributed by atoms with Crippen molar-refractivity contribution in [1.82, 2.24) is 4.90 Å². The fourth-order valence-corrected chi connectivity index (χ4v) is 5.54. The van der Waals surface area contributed by atoms with Crippen LogP contribution in [-0.2, 0) is 20.0 Å². The molecule has 15 heteroatoms. The van der Waals surface area contributed by atoms with Crippen LogP contribution in [0, 0.1) is 11.8 Å². The number of rotatable bonds is 2. The van der Waals surface area contributed by atoms with Gasteiger partial charge in [-0.3, -0.25) is 19.3 Å². The Morgan fingerprint density at radius 3 is 2.14 bits per heavy atom. The quantitative estimate of drug-likeness (QED) is 0.174. The first kappa shape index (κ1) is 35.7. The fourth-order valence-electron chi connectivity index (χ4n) is 5.54. The van der Waals surface area contributed by atoms with Gasteiger partial charge in [-0.05, 0) is 31.6 Å². The molecule has 0 bridgehead atoms. The number of aliphatic hydroxyl groups excluding tert-OH is 2. The van der Waals surface area contributed by atoms with Crippen molar-refractivity contribution in [2.45, 2.75) is 30.3 Å². The van der Waals surface area contributed by atoms with E-state index in [1.807, 2.05) is 0 Å². The number of phenols is 1. The Hall–Kier alpha value is -1.33. The predicted octanol–water partition coefficient (Wildman–Crippen LogP) is -10.3. The van der Waals surface area contributed by atoms with E-state index >= 15 is 0 Å². The molecule has 192 valence electrons. The van der Waals surface area contributed by atoms with Gasteiger partial charge in [0, 0.05) is 11.5 Å². The Morgan fingerprint density at radius 1 is 1.11 bits per heavy atom. The summed E-state index contributed by atoms with van der Waals surface area (Å²) in [5.41, 5.74) is -2.61. The molecule has 6 atom stereocenters. The molecule has 0 radical (unpaired) electrons. The summed E-state index contributed by atoms with van der Waals surface area (Å²) in [5, 5.41) is 70.9. The molecule has 0 saturated heterocycles. The maximum Gasteiger partial charge on any atom is 1.00 e. The third kappa shape index (κ3) is 4.50. The number of carbonyl (C=O) groups excluding carboxylic acids is 3. The molecule has 4 rings (SSSR count). The second-order valence-corrected chi connectivity index (χ2v) is 8.99. The average Bonchev–Trinajstić information content (AvgIpc) is 2.70. The predicted molar refractivity (Wildman–Crippen MR) is 114 cm³/mol. The summed E-state index contributed by atoms with van der Waals surface area (Å²) in [6.45, 7) is 1.10. The van der Waals surface area contributed by atoms with E-state index in [0.717, 1.165) is 13.0 Å². The monoisotopic (exact) mass is 540 g/mol. The van der Waals surface area contributed by atoms with Crippen LogP contribution in [0.3, 0.4) is 0 Å². The van der Waals surface area contributed by atoms with Gasteiger partial charge in [0.1, 0.15) is 22.8 Å². The Balaban J connectivity index is 0.00000324. The van der Waals surface area contributed by atoms with Crippen LogP contribution in [0.5, 0.6) is 5.75 Å². The van der Waals surface area contributed by atoms with Gasteiger partial charge in [0.15, 0.2) is 11.4 Å². The molecule has 0 aromatic heterocycles. The van der Waals surface area contributed by atoms with E-state index in [9.17, 15) is 45.0 Å². The number of aromatic hydroxyl groups is 1. The van der Waals surface area contributed by atoms with E-state index in [0.29, 0.717) is 0 Å². The zero-order valence-corrected chi connectivity index (χ0v) is 24.9. The minimum atomic E-state index is -3.11. The van der Waals surface area contributed by atoms with E-state index in [2.05, 4.69) is 0 Å². The Morgan fingerprint density at radius 2 is 1.65 bits per heavy atom. The smallest absolute Gasteiger partial charge is 0.851 e. The number of hydrogen-bond donors (Lipinski definition) is 5. The summed E-state index contributed by atoms with van der Waals surface area (Å²) in [6, 6.07) is 2.22. The maximum absolute atomic E-state index is 13.8. The molecule has 10 N–H and O–H groups in total. The van der Waals surface area contributed by atoms with Crippen molar-refractivity contribution >= 4 is 23.2 Å². The third-order valence-electron chi connectivity index (χ3n) is 6.99. The normalized spacial score (nSPS) is 32.1. The molecular weight excluding hydrogens is 514 g/mol. The summed E-state index contributed by atoms with van der Waals surface area (Å²) < 4.78 is 0. The minimum Gasteiger partial charge on any atom is -0.851 e. The largest absolute Gasteiger partial charge is 1.00 e. The Bertz CT molecular complexity index is 1200. The number of benzene rings is 1. The van der Waals surface area contributed by atoms with Crippen LogP contribution >= 0.6 is 0 Å². The van der Waals surface area contributed by atoms with Gasteiger partial charge in [-0.15, -0.1) is 6.10 Å². The number of primary amides is 1. The number of phenolic OH excluding ortho intramolecular Hbond substituents is 1. The zero-order chi connectivity index (χ0) is 24.8. The first-order chi connectivity index (χ1) is 15.2. The van der Waals surface area contributed by atoms with Crippen LogP contribution < -0.4 is 75.1 Å². The van der Waals surface area contributed by atoms with E-state index < -0.39 is 81.1 Å². The number of nitrogens with two attached hydrogens (primary N) is 1. The van der Waals surface area contributed by atoms with Crippen molar-refractivity contribution < 1.29 is 115 Å². The molecule has 3 aliphatic rings. The van der Waals surface area contributed by atoms with Crippen molar-refractivity contribution in [3.8, 4) is 5.75 Å². The molecule has 0 aliphatic heterocycles. The molecule has 1 aromatic rings. The van der Waals surface area contributed by atoms with Gasteiger partial charge in [0.25, 0.3) is 5.91 Å². The standard InChI is InChI=1S/C22H22N2O9.2Na.2H2O/c1-21(32)7-5-4-6-8(25)9(7)15(26)10-12(21)17(28)13-14(24(2)3)16(27)11(20(23)31)19(30)22(13,33)18(10)29;;;;/h4-6,12-14,17,25-26,30,33H,1-3H3,(H2,23,31);;;2*1H2/q-2;2*+1;;. The topological polar surface area (TPSA) is 271 Å². The number of Topliss-reactive ketones (excluding diaryl/α,β-unsaturated/α-hetero) is 2. The minimum absolute atomic E-state index is 0. The van der Waals surface area contributed by atoms with E-state index in [1.54, 1.807) is 0 Å². The first-order valence-electron chi connectivity index (χ1n) is 10.0. The van der Waals surface area contributed by atoms with E-state index in [1.165, 1.54) is 31.1 Å². The number of ketones is 2. The van der Waals surface area contributed by atoms with Crippen LogP contribution in [0.1, 0.15) is 18.1 Å². The number of aliphatic hydroxyl groups is 3. The van der Waals surface area contributed by atoms with Crippen molar-refractivity contribution in [2.24, 2.45) is 17.6 Å². The second-order valence-electron chi connectivity index (χ2n) is 8.99. The summed E-state index contributed by atoms with van der Waals surface area (Å²) >= 11 is 0. The number of nitrogens with zero attached hydrogens (tertiary/aromatic N) is 1.